The zero-order chi connectivity index (χ0) is 18.2. The van der Waals surface area contributed by atoms with Crippen molar-refractivity contribution < 1.29 is 14.3 Å². The Labute approximate surface area is 148 Å². The maximum atomic E-state index is 12.8. The number of carbonyl (C=O) groups is 2. The lowest BCUT2D eigenvalue weighted by atomic mass is 10.1. The van der Waals surface area contributed by atoms with Crippen LogP contribution in [0.5, 0.6) is 0 Å². The van der Waals surface area contributed by atoms with Crippen LogP contribution in [0.3, 0.4) is 0 Å². The molecule has 2 unspecified atom stereocenters. The van der Waals surface area contributed by atoms with Crippen molar-refractivity contribution in [3.63, 3.8) is 0 Å². The van der Waals surface area contributed by atoms with E-state index in [4.69, 9.17) is 4.74 Å². The number of amides is 1. The zero-order valence-corrected chi connectivity index (χ0v) is 14.8. The minimum atomic E-state index is -0.648. The number of nitrogens with one attached hydrogen (secondary N) is 1. The summed E-state index contributed by atoms with van der Waals surface area (Å²) in [6, 6.07) is 18.3. The van der Waals surface area contributed by atoms with E-state index in [-0.39, 0.29) is 24.5 Å². The van der Waals surface area contributed by atoms with Gasteiger partial charge in [-0.15, -0.1) is 0 Å². The van der Waals surface area contributed by atoms with Gasteiger partial charge < -0.3 is 10.1 Å². The molecule has 1 amide bonds. The van der Waals surface area contributed by atoms with E-state index in [0.29, 0.717) is 0 Å². The molecule has 0 saturated carbocycles. The Morgan fingerprint density at radius 2 is 1.52 bits per heavy atom. The van der Waals surface area contributed by atoms with Gasteiger partial charge in [0.05, 0.1) is 6.54 Å². The molecule has 2 atom stereocenters. The third-order valence-electron chi connectivity index (χ3n) is 4.01. The zero-order valence-electron chi connectivity index (χ0n) is 14.8. The van der Waals surface area contributed by atoms with Crippen molar-refractivity contribution in [2.24, 2.45) is 0 Å². The molecule has 0 aliphatic rings. The number of likely N-dealkylation sites (N-methyl/N-ethyl adjacent to an activating group) is 2. The molecule has 5 nitrogen and oxygen atoms in total. The molecule has 5 heteroatoms. The van der Waals surface area contributed by atoms with Gasteiger partial charge in [0, 0.05) is 7.05 Å². The third-order valence-corrected chi connectivity index (χ3v) is 4.01. The molecule has 0 aliphatic heterocycles. The minimum absolute atomic E-state index is 0.102. The molecule has 2 rings (SSSR count). The van der Waals surface area contributed by atoms with Crippen molar-refractivity contribution >= 4 is 11.9 Å². The van der Waals surface area contributed by atoms with Crippen LogP contribution in [0, 0.1) is 0 Å². The molecule has 0 aromatic heterocycles. The SMILES string of the molecule is CNC(=O)CN(C)C(C(=O)OC(C)c1ccccc1)c1ccccc1. The van der Waals surface area contributed by atoms with E-state index in [9.17, 15) is 9.59 Å². The van der Waals surface area contributed by atoms with E-state index in [1.807, 2.05) is 67.6 Å². The Bertz CT molecular complexity index is 689. The van der Waals surface area contributed by atoms with Crippen LogP contribution in [0.1, 0.15) is 30.2 Å². The summed E-state index contributed by atoms with van der Waals surface area (Å²) in [6.07, 6.45) is -0.367. The lowest BCUT2D eigenvalue weighted by molar-refractivity contribution is -0.155. The lowest BCUT2D eigenvalue weighted by Gasteiger charge is -2.27. The van der Waals surface area contributed by atoms with Crippen LogP contribution in [0.4, 0.5) is 0 Å². The molecule has 0 heterocycles. The third kappa shape index (κ3) is 5.16. The monoisotopic (exact) mass is 340 g/mol. The predicted octanol–water partition coefficient (Wildman–Crippen LogP) is 2.71. The summed E-state index contributed by atoms with van der Waals surface area (Å²) in [7, 11) is 3.31. The molecule has 0 bridgehead atoms. The van der Waals surface area contributed by atoms with Gasteiger partial charge in [-0.25, -0.2) is 4.79 Å². The average molecular weight is 340 g/mol. The van der Waals surface area contributed by atoms with Crippen LogP contribution in [0.25, 0.3) is 0 Å². The lowest BCUT2D eigenvalue weighted by Crippen LogP contribution is -2.39. The number of carbonyl (C=O) groups excluding carboxylic acids is 2. The van der Waals surface area contributed by atoms with Crippen LogP contribution in [-0.4, -0.2) is 37.4 Å². The Kier molecular flexibility index (Phi) is 6.71. The van der Waals surface area contributed by atoms with E-state index >= 15 is 0 Å². The van der Waals surface area contributed by atoms with Crippen LogP contribution in [0.2, 0.25) is 0 Å². The van der Waals surface area contributed by atoms with Crippen LogP contribution >= 0.6 is 0 Å². The van der Waals surface area contributed by atoms with Gasteiger partial charge in [0.1, 0.15) is 12.1 Å². The van der Waals surface area contributed by atoms with Crippen molar-refractivity contribution in [2.75, 3.05) is 20.6 Å². The largest absolute Gasteiger partial charge is 0.456 e. The van der Waals surface area contributed by atoms with E-state index in [0.717, 1.165) is 11.1 Å². The average Bonchev–Trinajstić information content (AvgIpc) is 2.63. The summed E-state index contributed by atoms with van der Waals surface area (Å²) in [5.41, 5.74) is 1.72. The van der Waals surface area contributed by atoms with E-state index in [2.05, 4.69) is 5.32 Å². The van der Waals surface area contributed by atoms with E-state index in [1.54, 1.807) is 19.0 Å². The quantitative estimate of drug-likeness (QED) is 0.788. The van der Waals surface area contributed by atoms with Crippen molar-refractivity contribution in [3.8, 4) is 0 Å². The number of hydrogen-bond donors (Lipinski definition) is 1. The molecule has 0 spiro atoms. The van der Waals surface area contributed by atoms with Gasteiger partial charge in [-0.05, 0) is 25.1 Å². The fourth-order valence-corrected chi connectivity index (χ4v) is 2.63. The number of benzene rings is 2. The summed E-state index contributed by atoms with van der Waals surface area (Å²) < 4.78 is 5.68. The Morgan fingerprint density at radius 1 is 1.00 bits per heavy atom. The van der Waals surface area contributed by atoms with E-state index < -0.39 is 6.04 Å². The van der Waals surface area contributed by atoms with Crippen LogP contribution in [-0.2, 0) is 14.3 Å². The van der Waals surface area contributed by atoms with Gasteiger partial charge in [-0.1, -0.05) is 60.7 Å². The second-order valence-corrected chi connectivity index (χ2v) is 5.89. The summed E-state index contributed by atoms with van der Waals surface area (Å²) in [5, 5.41) is 2.58. The molecular weight excluding hydrogens is 316 g/mol. The summed E-state index contributed by atoms with van der Waals surface area (Å²) in [6.45, 7) is 1.94. The van der Waals surface area contributed by atoms with Crippen LogP contribution < -0.4 is 5.32 Å². The second kappa shape index (κ2) is 8.99. The molecule has 132 valence electrons. The number of nitrogens with zero attached hydrogens (tertiary/aromatic N) is 1. The number of esters is 1. The fraction of sp³-hybridized carbons (Fsp3) is 0.300. The van der Waals surface area contributed by atoms with Crippen molar-refractivity contribution in [2.45, 2.75) is 19.1 Å². The van der Waals surface area contributed by atoms with Crippen molar-refractivity contribution in [1.82, 2.24) is 10.2 Å². The molecule has 0 fully saturated rings. The van der Waals surface area contributed by atoms with Crippen molar-refractivity contribution in [3.05, 3.63) is 71.8 Å². The topological polar surface area (TPSA) is 58.6 Å². The first-order valence-electron chi connectivity index (χ1n) is 8.24. The van der Waals surface area contributed by atoms with Gasteiger partial charge >= 0.3 is 5.97 Å². The first-order chi connectivity index (χ1) is 12.0. The van der Waals surface area contributed by atoms with Gasteiger partial charge in [0.15, 0.2) is 0 Å². The molecule has 0 saturated heterocycles. The Balaban J connectivity index is 2.19. The molecule has 25 heavy (non-hydrogen) atoms. The van der Waals surface area contributed by atoms with Crippen molar-refractivity contribution in [1.29, 1.82) is 0 Å². The highest BCUT2D eigenvalue weighted by atomic mass is 16.5. The fourth-order valence-electron chi connectivity index (χ4n) is 2.63. The second-order valence-electron chi connectivity index (χ2n) is 5.89. The number of hydrogen-bond acceptors (Lipinski definition) is 4. The van der Waals surface area contributed by atoms with Gasteiger partial charge in [0.2, 0.25) is 5.91 Å². The molecule has 1 N–H and O–H groups in total. The first kappa shape index (κ1) is 18.7. The summed E-state index contributed by atoms with van der Waals surface area (Å²) >= 11 is 0. The summed E-state index contributed by atoms with van der Waals surface area (Å²) in [4.78, 5) is 26.3. The van der Waals surface area contributed by atoms with Crippen LogP contribution in [0.15, 0.2) is 60.7 Å². The first-order valence-corrected chi connectivity index (χ1v) is 8.24. The highest BCUT2D eigenvalue weighted by Gasteiger charge is 2.29. The molecule has 0 radical (unpaired) electrons. The Morgan fingerprint density at radius 3 is 2.04 bits per heavy atom. The smallest absolute Gasteiger partial charge is 0.328 e. The minimum Gasteiger partial charge on any atom is -0.456 e. The van der Waals surface area contributed by atoms with Gasteiger partial charge in [0.25, 0.3) is 0 Å². The van der Waals surface area contributed by atoms with Gasteiger partial charge in [-0.3, -0.25) is 9.69 Å². The van der Waals surface area contributed by atoms with E-state index in [1.165, 1.54) is 0 Å². The summed E-state index contributed by atoms with van der Waals surface area (Å²) in [5.74, 6) is -0.540. The molecule has 0 aliphatic carbocycles. The standard InChI is InChI=1S/C20H24N2O3/c1-15(16-10-6-4-7-11-16)25-20(24)19(17-12-8-5-9-13-17)22(3)14-18(23)21-2/h4-13,15,19H,14H2,1-3H3,(H,21,23). The Hall–Kier alpha value is -2.66. The van der Waals surface area contributed by atoms with Gasteiger partial charge in [-0.2, -0.15) is 0 Å². The number of rotatable bonds is 7. The highest BCUT2D eigenvalue weighted by molar-refractivity contribution is 5.81. The maximum Gasteiger partial charge on any atom is 0.328 e. The molecule has 2 aromatic carbocycles. The number of ether oxygens (including phenoxy) is 1. The predicted molar refractivity (Wildman–Crippen MR) is 96.8 cm³/mol. The molecule has 2 aromatic rings. The highest BCUT2D eigenvalue weighted by Crippen LogP contribution is 2.25. The normalized spacial score (nSPS) is 13.1. The molecular formula is C20H24N2O3. The maximum absolute atomic E-state index is 12.8.